The van der Waals surface area contributed by atoms with E-state index in [9.17, 15) is 4.79 Å². The van der Waals surface area contributed by atoms with Gasteiger partial charge in [-0.1, -0.05) is 13.3 Å². The van der Waals surface area contributed by atoms with E-state index in [1.165, 1.54) is 0 Å². The van der Waals surface area contributed by atoms with Crippen LogP contribution in [-0.2, 0) is 4.74 Å². The van der Waals surface area contributed by atoms with Crippen molar-refractivity contribution in [3.8, 4) is 17.5 Å². The molecule has 6 nitrogen and oxygen atoms in total. The maximum absolute atomic E-state index is 11.6. The number of rotatable bonds is 9. The molecule has 1 heterocycles. The fourth-order valence-electron chi connectivity index (χ4n) is 2.43. The summed E-state index contributed by atoms with van der Waals surface area (Å²) in [5, 5.41) is 9.04. The number of carbonyl (C=O) groups is 1. The van der Waals surface area contributed by atoms with Crippen LogP contribution in [0.2, 0.25) is 0 Å². The van der Waals surface area contributed by atoms with Gasteiger partial charge >= 0.3 is 5.97 Å². The normalized spacial score (nSPS) is 11.6. The molecule has 25 heavy (non-hydrogen) atoms. The molecule has 1 atom stereocenters. The van der Waals surface area contributed by atoms with E-state index < -0.39 is 5.97 Å². The third-order valence-corrected chi connectivity index (χ3v) is 3.76. The second-order valence-electron chi connectivity index (χ2n) is 5.63. The monoisotopic (exact) mass is 341 g/mol. The van der Waals surface area contributed by atoms with E-state index in [0.717, 1.165) is 30.7 Å². The molecule has 0 fully saturated rings. The second kappa shape index (κ2) is 9.48. The molecule has 1 aromatic heterocycles. The Labute approximate surface area is 148 Å². The highest BCUT2D eigenvalue weighted by Gasteiger charge is 2.11. The third kappa shape index (κ3) is 5.35. The van der Waals surface area contributed by atoms with Gasteiger partial charge in [0.15, 0.2) is 5.69 Å². The predicted octanol–water partition coefficient (Wildman–Crippen LogP) is 3.76. The highest BCUT2D eigenvalue weighted by Crippen LogP contribution is 2.17. The summed E-state index contributed by atoms with van der Waals surface area (Å²) in [6.45, 7) is 4.68. The molecule has 0 bridgehead atoms. The lowest BCUT2D eigenvalue weighted by molar-refractivity contribution is 0.0520. The Morgan fingerprint density at radius 1 is 1.28 bits per heavy atom. The molecule has 6 heteroatoms. The Morgan fingerprint density at radius 3 is 2.68 bits per heavy atom. The number of nitrogens with zero attached hydrogens (tertiary/aromatic N) is 3. The van der Waals surface area contributed by atoms with Crippen LogP contribution in [0.1, 0.15) is 43.6 Å². The van der Waals surface area contributed by atoms with Crippen molar-refractivity contribution < 1.29 is 14.3 Å². The van der Waals surface area contributed by atoms with Crippen LogP contribution >= 0.6 is 0 Å². The standard InChI is InChI=1S/C19H23N3O3/c1-3-5-15(12-20)10-11-25-17-8-6-16(7-9-17)22-13-18(21-14-22)19(23)24-4-2/h6-9,13-15H,3-5,10-11H2,1-2H3. The summed E-state index contributed by atoms with van der Waals surface area (Å²) < 4.78 is 12.4. The van der Waals surface area contributed by atoms with Gasteiger partial charge in [-0.05, 0) is 44.0 Å². The number of benzene rings is 1. The van der Waals surface area contributed by atoms with Crippen LogP contribution in [0.25, 0.3) is 5.69 Å². The zero-order chi connectivity index (χ0) is 18.1. The number of nitriles is 1. The van der Waals surface area contributed by atoms with Crippen LogP contribution in [0.3, 0.4) is 0 Å². The first-order valence-electron chi connectivity index (χ1n) is 8.51. The summed E-state index contributed by atoms with van der Waals surface area (Å²) in [7, 11) is 0. The van der Waals surface area contributed by atoms with Gasteiger partial charge in [0.25, 0.3) is 0 Å². The van der Waals surface area contributed by atoms with Crippen LogP contribution in [0.4, 0.5) is 0 Å². The van der Waals surface area contributed by atoms with Crippen molar-refractivity contribution in [1.82, 2.24) is 9.55 Å². The molecule has 1 aromatic carbocycles. The predicted molar refractivity (Wildman–Crippen MR) is 93.6 cm³/mol. The second-order valence-corrected chi connectivity index (χ2v) is 5.63. The average molecular weight is 341 g/mol. The lowest BCUT2D eigenvalue weighted by atomic mass is 10.0. The number of aromatic nitrogens is 2. The van der Waals surface area contributed by atoms with Crippen molar-refractivity contribution in [2.24, 2.45) is 5.92 Å². The Bertz CT molecular complexity index is 716. The molecule has 0 spiro atoms. The van der Waals surface area contributed by atoms with Gasteiger partial charge in [-0.25, -0.2) is 9.78 Å². The van der Waals surface area contributed by atoms with Crippen molar-refractivity contribution in [2.45, 2.75) is 33.1 Å². The van der Waals surface area contributed by atoms with E-state index >= 15 is 0 Å². The van der Waals surface area contributed by atoms with Gasteiger partial charge in [-0.2, -0.15) is 5.26 Å². The van der Waals surface area contributed by atoms with Gasteiger partial charge in [-0.3, -0.25) is 0 Å². The summed E-state index contributed by atoms with van der Waals surface area (Å²) in [5.74, 6) is 0.375. The van der Waals surface area contributed by atoms with Crippen LogP contribution < -0.4 is 4.74 Å². The number of esters is 1. The van der Waals surface area contributed by atoms with Gasteiger partial charge in [-0.15, -0.1) is 0 Å². The van der Waals surface area contributed by atoms with E-state index in [4.69, 9.17) is 14.7 Å². The van der Waals surface area contributed by atoms with Crippen LogP contribution in [0.15, 0.2) is 36.8 Å². The summed E-state index contributed by atoms with van der Waals surface area (Å²) in [6, 6.07) is 9.81. The van der Waals surface area contributed by atoms with Gasteiger partial charge in [0.2, 0.25) is 0 Å². The number of ether oxygens (including phenoxy) is 2. The molecule has 0 aliphatic carbocycles. The van der Waals surface area contributed by atoms with E-state index in [1.54, 1.807) is 24.0 Å². The van der Waals surface area contributed by atoms with E-state index in [-0.39, 0.29) is 11.6 Å². The number of hydrogen-bond donors (Lipinski definition) is 0. The minimum Gasteiger partial charge on any atom is -0.494 e. The van der Waals surface area contributed by atoms with E-state index in [1.807, 2.05) is 24.3 Å². The summed E-state index contributed by atoms with van der Waals surface area (Å²) in [6.07, 6.45) is 5.85. The number of hydrogen-bond acceptors (Lipinski definition) is 5. The molecule has 0 aliphatic rings. The lowest BCUT2D eigenvalue weighted by Crippen LogP contribution is -2.05. The molecule has 2 rings (SSSR count). The van der Waals surface area contributed by atoms with Crippen molar-refractivity contribution in [2.75, 3.05) is 13.2 Å². The Morgan fingerprint density at radius 2 is 2.04 bits per heavy atom. The van der Waals surface area contributed by atoms with Gasteiger partial charge in [0.05, 0.1) is 19.3 Å². The van der Waals surface area contributed by atoms with Crippen LogP contribution in [0, 0.1) is 17.2 Å². The first-order chi connectivity index (χ1) is 12.2. The fourth-order valence-corrected chi connectivity index (χ4v) is 2.43. The highest BCUT2D eigenvalue weighted by molar-refractivity contribution is 5.87. The molecule has 1 unspecified atom stereocenters. The molecule has 132 valence electrons. The lowest BCUT2D eigenvalue weighted by Gasteiger charge is -2.10. The topological polar surface area (TPSA) is 77.1 Å². The Hall–Kier alpha value is -2.81. The zero-order valence-corrected chi connectivity index (χ0v) is 14.6. The van der Waals surface area contributed by atoms with Crippen LogP contribution in [-0.4, -0.2) is 28.7 Å². The first kappa shape index (κ1) is 18.5. The van der Waals surface area contributed by atoms with E-state index in [2.05, 4.69) is 18.0 Å². The molecule has 0 radical (unpaired) electrons. The molecule has 0 aliphatic heterocycles. The van der Waals surface area contributed by atoms with Gasteiger partial charge in [0.1, 0.15) is 12.1 Å². The number of carbonyl (C=O) groups excluding carboxylic acids is 1. The first-order valence-corrected chi connectivity index (χ1v) is 8.51. The molecule has 0 N–H and O–H groups in total. The van der Waals surface area contributed by atoms with Gasteiger partial charge in [0, 0.05) is 17.8 Å². The van der Waals surface area contributed by atoms with Crippen LogP contribution in [0.5, 0.6) is 5.75 Å². The third-order valence-electron chi connectivity index (χ3n) is 3.76. The Balaban J connectivity index is 1.92. The van der Waals surface area contributed by atoms with Crippen molar-refractivity contribution in [1.29, 1.82) is 5.26 Å². The molecular weight excluding hydrogens is 318 g/mol. The SMILES string of the molecule is CCCC(C#N)CCOc1ccc(-n2cnc(C(=O)OCC)c2)cc1. The fraction of sp³-hybridized carbons (Fsp3) is 0.421. The molecular formula is C19H23N3O3. The molecule has 0 saturated carbocycles. The van der Waals surface area contributed by atoms with Gasteiger partial charge < -0.3 is 14.0 Å². The molecule has 0 amide bonds. The largest absolute Gasteiger partial charge is 0.494 e. The molecule has 2 aromatic rings. The van der Waals surface area contributed by atoms with Crippen molar-refractivity contribution in [3.63, 3.8) is 0 Å². The van der Waals surface area contributed by atoms with Crippen molar-refractivity contribution in [3.05, 3.63) is 42.5 Å². The maximum Gasteiger partial charge on any atom is 0.358 e. The number of imidazole rings is 1. The minimum absolute atomic E-state index is 0.0523. The minimum atomic E-state index is -0.430. The van der Waals surface area contributed by atoms with E-state index in [0.29, 0.717) is 13.2 Å². The average Bonchev–Trinajstić information content (AvgIpc) is 3.12. The maximum atomic E-state index is 11.6. The summed E-state index contributed by atoms with van der Waals surface area (Å²) >= 11 is 0. The summed E-state index contributed by atoms with van der Waals surface area (Å²) in [4.78, 5) is 15.7. The smallest absolute Gasteiger partial charge is 0.358 e. The highest BCUT2D eigenvalue weighted by atomic mass is 16.5. The Kier molecular flexibility index (Phi) is 7.02. The zero-order valence-electron chi connectivity index (χ0n) is 14.6. The van der Waals surface area contributed by atoms with Crippen molar-refractivity contribution >= 4 is 5.97 Å². The summed E-state index contributed by atoms with van der Waals surface area (Å²) in [5.41, 5.74) is 1.15. The molecule has 0 saturated heterocycles. The quantitative estimate of drug-likeness (QED) is 0.649.